The molecule has 0 aliphatic carbocycles. The minimum Gasteiger partial charge on any atom is -0.508 e. The number of nitrogens with zero attached hydrogens (tertiary/aromatic N) is 5. The molecule has 3 N–H and O–H groups in total. The maximum Gasteiger partial charge on any atom is 0.319 e. The van der Waals surface area contributed by atoms with Crippen molar-refractivity contribution >= 4 is 27.5 Å². The Labute approximate surface area is 246 Å². The summed E-state index contributed by atoms with van der Waals surface area (Å²) in [7, 11) is 2.14. The number of benzene rings is 3. The molecule has 4 atom stereocenters. The number of likely N-dealkylation sites (tertiary alicyclic amines) is 2. The summed E-state index contributed by atoms with van der Waals surface area (Å²) < 4.78 is 6.31. The molecule has 0 spiro atoms. The first kappa shape index (κ1) is 27.3. The number of rotatable bonds is 8. The van der Waals surface area contributed by atoms with Crippen molar-refractivity contribution in [3.8, 4) is 22.9 Å². The van der Waals surface area contributed by atoms with Gasteiger partial charge in [-0.3, -0.25) is 4.90 Å². The van der Waals surface area contributed by atoms with Crippen LogP contribution in [0.3, 0.4) is 0 Å². The molecule has 0 radical (unpaired) electrons. The third-order valence-electron chi connectivity index (χ3n) is 9.37. The number of hydrogen-bond acceptors (Lipinski definition) is 9. The van der Waals surface area contributed by atoms with Gasteiger partial charge in [0.05, 0.1) is 18.2 Å². The summed E-state index contributed by atoms with van der Waals surface area (Å²) in [5, 5.41) is 33.0. The fraction of sp³-hybridized carbons (Fsp3) is 0.455. The molecule has 3 aromatic carbocycles. The van der Waals surface area contributed by atoms with Crippen LogP contribution in [-0.2, 0) is 0 Å². The number of β-amino-alcohol motifs (C(OH)–C–C–N with tert-alkyl or cyclic N) is 1. The molecule has 0 amide bonds. The molecule has 9 nitrogen and oxygen atoms in total. The van der Waals surface area contributed by atoms with Crippen molar-refractivity contribution in [2.75, 3.05) is 51.3 Å². The van der Waals surface area contributed by atoms with Crippen molar-refractivity contribution in [1.29, 1.82) is 0 Å². The Morgan fingerprint density at radius 3 is 2.55 bits per heavy atom. The Morgan fingerprint density at radius 1 is 0.976 bits per heavy atom. The van der Waals surface area contributed by atoms with Crippen molar-refractivity contribution in [2.24, 2.45) is 0 Å². The van der Waals surface area contributed by atoms with E-state index in [-0.39, 0.29) is 24.4 Å². The summed E-state index contributed by atoms with van der Waals surface area (Å²) in [5.74, 6) is 1.13. The Balaban J connectivity index is 1.28. The number of likely N-dealkylation sites (N-methyl/N-ethyl adjacent to an activating group) is 1. The van der Waals surface area contributed by atoms with E-state index < -0.39 is 6.10 Å². The Bertz CT molecular complexity index is 1580. The molecule has 9 heteroatoms. The minimum atomic E-state index is -0.725. The standard InChI is InChI=1S/C33H39N5O4/c1-36-12-4-6-25(36)20-42-33-34-31-14-22(30-15-26(40)13-21-5-2-3-7-28(21)30)8-11-29(31)32(35-33)38-23-9-10-24(38)17-37(16-23)18-27(41)19-39/h2-3,5,7-8,11,13-15,23-25,27,39-41H,4,6,9-10,12,16-20H2,1H3/t23-,24+,25-,27?/m0/s1. The fourth-order valence-electron chi connectivity index (χ4n) is 7.26. The zero-order chi connectivity index (χ0) is 28.8. The van der Waals surface area contributed by atoms with Gasteiger partial charge in [0.25, 0.3) is 0 Å². The van der Waals surface area contributed by atoms with Crippen LogP contribution in [0.25, 0.3) is 32.8 Å². The molecule has 3 aliphatic rings. The number of anilines is 1. The lowest BCUT2D eigenvalue weighted by Crippen LogP contribution is -2.55. The number of phenols is 1. The number of aromatic nitrogens is 2. The van der Waals surface area contributed by atoms with Gasteiger partial charge in [-0.15, -0.1) is 0 Å². The Hall–Kier alpha value is -3.50. The average molecular weight is 570 g/mol. The number of piperazine rings is 1. The second kappa shape index (κ2) is 11.3. The van der Waals surface area contributed by atoms with Gasteiger partial charge in [0.1, 0.15) is 18.2 Å². The first-order valence-electron chi connectivity index (χ1n) is 15.1. The molecule has 4 heterocycles. The second-order valence-electron chi connectivity index (χ2n) is 12.2. The molecule has 1 unspecified atom stereocenters. The van der Waals surface area contributed by atoms with E-state index in [1.807, 2.05) is 24.3 Å². The number of aromatic hydroxyl groups is 1. The van der Waals surface area contributed by atoms with Gasteiger partial charge in [0, 0.05) is 43.1 Å². The van der Waals surface area contributed by atoms with E-state index in [1.54, 1.807) is 6.07 Å². The minimum absolute atomic E-state index is 0.222. The van der Waals surface area contributed by atoms with E-state index in [4.69, 9.17) is 14.7 Å². The number of ether oxygens (including phenoxy) is 1. The number of phenolic OH excluding ortho intramolecular Hbond substituents is 1. The van der Waals surface area contributed by atoms with Gasteiger partial charge in [-0.2, -0.15) is 9.97 Å². The Kier molecular flexibility index (Phi) is 7.35. The fourth-order valence-corrected chi connectivity index (χ4v) is 7.26. The number of aliphatic hydroxyl groups excluding tert-OH is 2. The third kappa shape index (κ3) is 5.15. The van der Waals surface area contributed by atoms with Crippen molar-refractivity contribution < 1.29 is 20.1 Å². The molecule has 220 valence electrons. The van der Waals surface area contributed by atoms with Crippen LogP contribution in [-0.4, -0.2) is 106 Å². The van der Waals surface area contributed by atoms with Gasteiger partial charge >= 0.3 is 6.01 Å². The van der Waals surface area contributed by atoms with E-state index >= 15 is 0 Å². The molecule has 3 aliphatic heterocycles. The molecule has 3 fully saturated rings. The normalized spacial score (nSPS) is 23.7. The summed E-state index contributed by atoms with van der Waals surface area (Å²) in [6.45, 7) is 3.52. The van der Waals surface area contributed by atoms with Crippen molar-refractivity contribution in [3.05, 3.63) is 54.6 Å². The third-order valence-corrected chi connectivity index (χ3v) is 9.37. The van der Waals surface area contributed by atoms with Crippen LogP contribution in [0.5, 0.6) is 11.8 Å². The first-order valence-corrected chi connectivity index (χ1v) is 15.1. The number of aliphatic hydroxyl groups is 2. The molecular weight excluding hydrogens is 530 g/mol. The van der Waals surface area contributed by atoms with Crippen LogP contribution in [0.2, 0.25) is 0 Å². The molecule has 2 bridgehead atoms. The van der Waals surface area contributed by atoms with Gasteiger partial charge in [-0.25, -0.2) is 0 Å². The maximum atomic E-state index is 10.5. The highest BCUT2D eigenvalue weighted by Gasteiger charge is 2.42. The molecular formula is C33H39N5O4. The molecule has 42 heavy (non-hydrogen) atoms. The first-order chi connectivity index (χ1) is 20.5. The summed E-state index contributed by atoms with van der Waals surface area (Å²) >= 11 is 0. The second-order valence-corrected chi connectivity index (χ2v) is 12.2. The van der Waals surface area contributed by atoms with Gasteiger partial charge in [0.15, 0.2) is 0 Å². The lowest BCUT2D eigenvalue weighted by atomic mass is 9.97. The van der Waals surface area contributed by atoms with Crippen LogP contribution < -0.4 is 9.64 Å². The molecule has 4 aromatic rings. The molecule has 7 rings (SSSR count). The van der Waals surface area contributed by atoms with Crippen LogP contribution in [0.4, 0.5) is 5.82 Å². The monoisotopic (exact) mass is 569 g/mol. The van der Waals surface area contributed by atoms with Crippen molar-refractivity contribution in [3.63, 3.8) is 0 Å². The predicted octanol–water partition coefficient (Wildman–Crippen LogP) is 3.63. The number of fused-ring (bicyclic) bond motifs is 4. The summed E-state index contributed by atoms with van der Waals surface area (Å²) in [5.41, 5.74) is 2.75. The topological polar surface area (TPSA) is 105 Å². The van der Waals surface area contributed by atoms with Crippen LogP contribution in [0, 0.1) is 0 Å². The zero-order valence-electron chi connectivity index (χ0n) is 24.1. The highest BCUT2D eigenvalue weighted by Crippen LogP contribution is 2.40. The van der Waals surface area contributed by atoms with Gasteiger partial charge in [0.2, 0.25) is 0 Å². The van der Waals surface area contributed by atoms with Crippen LogP contribution in [0.1, 0.15) is 25.7 Å². The molecule has 1 aromatic heterocycles. The Morgan fingerprint density at radius 2 is 1.79 bits per heavy atom. The van der Waals surface area contributed by atoms with Gasteiger partial charge in [-0.1, -0.05) is 30.3 Å². The molecule has 0 saturated carbocycles. The van der Waals surface area contributed by atoms with E-state index in [0.717, 1.165) is 77.5 Å². The average Bonchev–Trinajstić information content (AvgIpc) is 3.53. The smallest absolute Gasteiger partial charge is 0.319 e. The van der Waals surface area contributed by atoms with Crippen molar-refractivity contribution in [2.45, 2.75) is 49.9 Å². The molecule has 3 saturated heterocycles. The van der Waals surface area contributed by atoms with E-state index in [1.165, 1.54) is 6.42 Å². The van der Waals surface area contributed by atoms with Crippen LogP contribution >= 0.6 is 0 Å². The number of hydrogen-bond donors (Lipinski definition) is 3. The summed E-state index contributed by atoms with van der Waals surface area (Å²) in [6.07, 6.45) is 3.67. The SMILES string of the molecule is CN1CCC[C@H]1COc1nc(N2[C@@H]3CC[C@H]2CN(CC(O)CO)C3)c2ccc(-c3cc(O)cc4ccccc34)cc2n1. The summed E-state index contributed by atoms with van der Waals surface area (Å²) in [6, 6.07) is 19.3. The van der Waals surface area contributed by atoms with E-state index in [9.17, 15) is 15.3 Å². The van der Waals surface area contributed by atoms with Crippen molar-refractivity contribution in [1.82, 2.24) is 19.8 Å². The van der Waals surface area contributed by atoms with E-state index in [0.29, 0.717) is 25.2 Å². The van der Waals surface area contributed by atoms with Crippen LogP contribution in [0.15, 0.2) is 54.6 Å². The quantitative estimate of drug-likeness (QED) is 0.293. The summed E-state index contributed by atoms with van der Waals surface area (Å²) in [4.78, 5) is 17.0. The largest absolute Gasteiger partial charge is 0.508 e. The lowest BCUT2D eigenvalue weighted by molar-refractivity contribution is 0.0522. The van der Waals surface area contributed by atoms with Gasteiger partial charge in [-0.05, 0) is 85.4 Å². The zero-order valence-corrected chi connectivity index (χ0v) is 24.1. The predicted molar refractivity (Wildman–Crippen MR) is 164 cm³/mol. The highest BCUT2D eigenvalue weighted by molar-refractivity contribution is 6.01. The van der Waals surface area contributed by atoms with Gasteiger partial charge < -0.3 is 29.9 Å². The highest BCUT2D eigenvalue weighted by atomic mass is 16.5. The van der Waals surface area contributed by atoms with E-state index in [2.05, 4.69) is 46.0 Å². The maximum absolute atomic E-state index is 10.5. The lowest BCUT2D eigenvalue weighted by Gasteiger charge is -2.42.